The summed E-state index contributed by atoms with van der Waals surface area (Å²) in [5.41, 5.74) is 1.96. The molecule has 1 N–H and O–H groups in total. The van der Waals surface area contributed by atoms with Crippen LogP contribution in [0.1, 0.15) is 71.4 Å². The molecule has 1 unspecified atom stereocenters. The number of aliphatic hydroxyl groups is 1. The molecule has 210 valence electrons. The van der Waals surface area contributed by atoms with Crippen molar-refractivity contribution in [2.75, 3.05) is 0 Å². The summed E-state index contributed by atoms with van der Waals surface area (Å²) in [6, 6.07) is 11.9. The van der Waals surface area contributed by atoms with Crippen molar-refractivity contribution < 1.29 is 27.8 Å². The van der Waals surface area contributed by atoms with Crippen LogP contribution in [0, 0.1) is 17.6 Å². The van der Waals surface area contributed by atoms with Crippen LogP contribution in [-0.4, -0.2) is 39.6 Å². The first-order valence-corrected chi connectivity index (χ1v) is 13.2. The smallest absolute Gasteiger partial charge is 0.335 e. The van der Waals surface area contributed by atoms with Crippen LogP contribution in [0.2, 0.25) is 0 Å². The Kier molecular flexibility index (Phi) is 10.1. The summed E-state index contributed by atoms with van der Waals surface area (Å²) in [5, 5.41) is 10.1. The van der Waals surface area contributed by atoms with Gasteiger partial charge in [-0.2, -0.15) is 0 Å². The number of aliphatic hydroxyl groups excluding tert-OH is 1. The average Bonchev–Trinajstić information content (AvgIpc) is 2.86. The molecule has 3 rings (SSSR count). The number of carbonyl (C=O) groups excluding carboxylic acids is 1. The van der Waals surface area contributed by atoms with Gasteiger partial charge in [-0.1, -0.05) is 13.8 Å². The van der Waals surface area contributed by atoms with Crippen LogP contribution in [0.25, 0.3) is 5.70 Å². The van der Waals surface area contributed by atoms with Gasteiger partial charge in [0.15, 0.2) is 6.10 Å². The summed E-state index contributed by atoms with van der Waals surface area (Å²) >= 11 is 0. The minimum atomic E-state index is -1.25. The lowest BCUT2D eigenvalue weighted by Crippen LogP contribution is -2.36. The average molecular weight is 543 g/mol. The molecule has 1 aliphatic rings. The van der Waals surface area contributed by atoms with Crippen molar-refractivity contribution in [2.45, 2.75) is 78.2 Å². The Labute approximate surface area is 228 Å². The van der Waals surface area contributed by atoms with E-state index >= 15 is 4.39 Å². The number of rotatable bonds is 10. The van der Waals surface area contributed by atoms with Gasteiger partial charge in [0.05, 0.1) is 11.4 Å². The Bertz CT molecular complexity index is 1210. The van der Waals surface area contributed by atoms with E-state index in [2.05, 4.69) is 0 Å². The Balaban J connectivity index is 1.80. The molecular weight excluding hydrogens is 505 g/mol. The lowest BCUT2D eigenvalue weighted by Gasteiger charge is -2.36. The summed E-state index contributed by atoms with van der Waals surface area (Å²) in [5.74, 6) is -1.83. The van der Waals surface area contributed by atoms with Crippen LogP contribution < -0.4 is 0 Å². The number of benzene rings is 2. The predicted octanol–water partition coefficient (Wildman–Crippen LogP) is 7.17. The van der Waals surface area contributed by atoms with Gasteiger partial charge >= 0.3 is 5.97 Å². The van der Waals surface area contributed by atoms with E-state index in [9.17, 15) is 18.7 Å². The minimum Gasteiger partial charge on any atom is -0.458 e. The number of carbonyl (C=O) groups is 1. The molecule has 1 aliphatic heterocycles. The number of esters is 1. The lowest BCUT2D eigenvalue weighted by atomic mass is 9.99. The topological polar surface area (TPSA) is 62.1 Å². The first-order chi connectivity index (χ1) is 18.3. The molecule has 8 heteroatoms. The maximum atomic E-state index is 15.2. The van der Waals surface area contributed by atoms with Crippen molar-refractivity contribution in [1.29, 1.82) is 0 Å². The highest BCUT2D eigenvalue weighted by molar-refractivity contribution is 6.13. The highest BCUT2D eigenvalue weighted by Gasteiger charge is 2.28. The zero-order valence-corrected chi connectivity index (χ0v) is 23.1. The second-order valence-corrected chi connectivity index (χ2v) is 11.0. The molecule has 0 fully saturated rings. The monoisotopic (exact) mass is 542 g/mol. The van der Waals surface area contributed by atoms with Crippen molar-refractivity contribution in [3.8, 4) is 0 Å². The van der Waals surface area contributed by atoms with Crippen LogP contribution in [0.3, 0.4) is 0 Å². The molecule has 2 aromatic carbocycles. The van der Waals surface area contributed by atoms with Crippen LogP contribution in [-0.2, 0) is 9.53 Å². The number of ether oxygens (including phenoxy) is 1. The maximum Gasteiger partial charge on any atom is 0.335 e. The molecule has 1 heterocycles. The van der Waals surface area contributed by atoms with E-state index in [0.717, 1.165) is 0 Å². The Morgan fingerprint density at radius 1 is 1.03 bits per heavy atom. The number of hydrogen-bond donors (Lipinski definition) is 1. The van der Waals surface area contributed by atoms with E-state index in [1.54, 1.807) is 56.0 Å². The Morgan fingerprint density at radius 3 is 2.13 bits per heavy atom. The number of nitrogens with zero attached hydrogens (tertiary/aromatic N) is 2. The van der Waals surface area contributed by atoms with Gasteiger partial charge in [0.2, 0.25) is 0 Å². The second kappa shape index (κ2) is 13.1. The number of unbranched alkanes of at least 4 members (excludes halogenated alkanes) is 1. The molecule has 5 nitrogen and oxygen atoms in total. The van der Waals surface area contributed by atoms with Gasteiger partial charge in [-0.05, 0) is 106 Å². The molecular formula is C31H37F3N2O3. The summed E-state index contributed by atoms with van der Waals surface area (Å²) in [7, 11) is 0. The molecule has 0 aromatic heterocycles. The Morgan fingerprint density at radius 2 is 1.59 bits per heavy atom. The van der Waals surface area contributed by atoms with E-state index in [1.807, 2.05) is 13.8 Å². The fourth-order valence-electron chi connectivity index (χ4n) is 4.17. The molecule has 0 saturated heterocycles. The van der Waals surface area contributed by atoms with Gasteiger partial charge in [0, 0.05) is 18.2 Å². The summed E-state index contributed by atoms with van der Waals surface area (Å²) in [4.78, 5) is 18.6. The predicted molar refractivity (Wildman–Crippen MR) is 147 cm³/mol. The minimum absolute atomic E-state index is 0.0161. The summed E-state index contributed by atoms with van der Waals surface area (Å²) in [6.07, 6.45) is 2.62. The quantitative estimate of drug-likeness (QED) is 0.256. The molecule has 0 amide bonds. The number of halogens is 3. The normalized spacial score (nSPS) is 17.1. The van der Waals surface area contributed by atoms with E-state index in [-0.39, 0.29) is 36.2 Å². The van der Waals surface area contributed by atoms with E-state index in [0.29, 0.717) is 35.4 Å². The second-order valence-electron chi connectivity index (χ2n) is 11.0. The number of hydrogen-bond acceptors (Lipinski definition) is 5. The van der Waals surface area contributed by atoms with Gasteiger partial charge in [-0.3, -0.25) is 4.99 Å². The third-order valence-corrected chi connectivity index (χ3v) is 6.09. The fourth-order valence-corrected chi connectivity index (χ4v) is 4.17. The lowest BCUT2D eigenvalue weighted by molar-refractivity contribution is -0.165. The standard InChI is InChI=1S/C31H37F3N2O3/c1-20(2)29-35-26(21-10-14-23(32)15-11-21)18-27(22-12-16-24(33)17-13-22)36(29)19-25(34)8-6-7-9-28(37)30(38)39-31(3,4)5/h10-20,28-29,37H,6-9H2,1-5H3/t28-,29?/m0/s1. The van der Waals surface area contributed by atoms with E-state index < -0.39 is 23.8 Å². The number of aliphatic imine (C=N–C) groups is 1. The zero-order valence-electron chi connectivity index (χ0n) is 23.1. The molecule has 2 aromatic rings. The van der Waals surface area contributed by atoms with Crippen LogP contribution in [0.5, 0.6) is 0 Å². The van der Waals surface area contributed by atoms with Crippen LogP contribution in [0.15, 0.2) is 71.6 Å². The van der Waals surface area contributed by atoms with Crippen LogP contribution in [0.4, 0.5) is 13.2 Å². The molecule has 2 atom stereocenters. The Hall–Kier alpha value is -3.39. The molecule has 39 heavy (non-hydrogen) atoms. The van der Waals surface area contributed by atoms with Crippen molar-refractivity contribution in [3.05, 3.63) is 89.4 Å². The molecule has 0 radical (unpaired) electrons. The molecule has 0 spiro atoms. The van der Waals surface area contributed by atoms with Crippen molar-refractivity contribution in [3.63, 3.8) is 0 Å². The van der Waals surface area contributed by atoms with Crippen LogP contribution >= 0.6 is 0 Å². The molecule has 0 aliphatic carbocycles. The zero-order chi connectivity index (χ0) is 28.7. The van der Waals surface area contributed by atoms with E-state index in [4.69, 9.17) is 9.73 Å². The fraction of sp³-hybridized carbons (Fsp3) is 0.419. The first kappa shape index (κ1) is 30.2. The molecule has 0 bridgehead atoms. The van der Waals surface area contributed by atoms with Gasteiger partial charge in [0.1, 0.15) is 29.2 Å². The number of allylic oxidation sites excluding steroid dienone is 2. The molecule has 0 saturated carbocycles. The van der Waals surface area contributed by atoms with Gasteiger partial charge in [-0.15, -0.1) is 0 Å². The van der Waals surface area contributed by atoms with Crippen molar-refractivity contribution in [1.82, 2.24) is 4.90 Å². The van der Waals surface area contributed by atoms with Crippen molar-refractivity contribution >= 4 is 17.4 Å². The van der Waals surface area contributed by atoms with Crippen molar-refractivity contribution in [2.24, 2.45) is 10.9 Å². The highest BCUT2D eigenvalue weighted by atomic mass is 19.1. The largest absolute Gasteiger partial charge is 0.458 e. The first-order valence-electron chi connectivity index (χ1n) is 13.2. The van der Waals surface area contributed by atoms with Gasteiger partial charge in [-0.25, -0.2) is 18.0 Å². The maximum absolute atomic E-state index is 15.2. The van der Waals surface area contributed by atoms with E-state index in [1.165, 1.54) is 30.5 Å². The van der Waals surface area contributed by atoms with Gasteiger partial charge in [0.25, 0.3) is 0 Å². The van der Waals surface area contributed by atoms with Gasteiger partial charge < -0.3 is 14.7 Å². The third-order valence-electron chi connectivity index (χ3n) is 6.09. The third kappa shape index (κ3) is 8.82. The SMILES string of the molecule is CC(C)C1N=C(c2ccc(F)cc2)C=C(c2ccc(F)cc2)N1C=C(F)CCCC[C@H](O)C(=O)OC(C)(C)C. The summed E-state index contributed by atoms with van der Waals surface area (Å²) in [6.45, 7) is 9.13. The highest BCUT2D eigenvalue weighted by Crippen LogP contribution is 2.32. The summed E-state index contributed by atoms with van der Waals surface area (Å²) < 4.78 is 47.6.